The van der Waals surface area contributed by atoms with Crippen LogP contribution in [0.3, 0.4) is 0 Å². The number of benzene rings is 2. The van der Waals surface area contributed by atoms with Crippen LogP contribution in [0, 0.1) is 5.92 Å². The Hall–Kier alpha value is -3.74. The van der Waals surface area contributed by atoms with Gasteiger partial charge in [0.1, 0.15) is 11.9 Å². The van der Waals surface area contributed by atoms with Crippen LogP contribution in [0.2, 0.25) is 0 Å². The van der Waals surface area contributed by atoms with Gasteiger partial charge in [0.15, 0.2) is 0 Å². The van der Waals surface area contributed by atoms with Crippen LogP contribution in [0.4, 0.5) is 5.69 Å². The summed E-state index contributed by atoms with van der Waals surface area (Å²) >= 11 is 0. The highest BCUT2D eigenvalue weighted by Crippen LogP contribution is 2.29. The molecule has 3 aromatic rings. The van der Waals surface area contributed by atoms with Crippen LogP contribution in [0.15, 0.2) is 67.3 Å². The van der Waals surface area contributed by atoms with E-state index in [-0.39, 0.29) is 17.6 Å². The van der Waals surface area contributed by atoms with E-state index in [2.05, 4.69) is 27.1 Å². The zero-order chi connectivity index (χ0) is 21.1. The third kappa shape index (κ3) is 3.87. The molecule has 0 radical (unpaired) electrons. The Labute approximate surface area is 174 Å². The summed E-state index contributed by atoms with van der Waals surface area (Å²) in [7, 11) is 1.72. The molecule has 0 aliphatic carbocycles. The van der Waals surface area contributed by atoms with Crippen LogP contribution in [0.25, 0.3) is 0 Å². The van der Waals surface area contributed by atoms with E-state index in [1.807, 2.05) is 54.6 Å². The number of nitrogens with zero attached hydrogens (tertiary/aromatic N) is 3. The molecule has 0 bridgehead atoms. The summed E-state index contributed by atoms with van der Waals surface area (Å²) in [5, 5.41) is 10.9. The van der Waals surface area contributed by atoms with E-state index in [4.69, 9.17) is 0 Å². The summed E-state index contributed by atoms with van der Waals surface area (Å²) < 4.78 is 0. The highest BCUT2D eigenvalue weighted by atomic mass is 16.2. The van der Waals surface area contributed by atoms with Crippen molar-refractivity contribution in [1.82, 2.24) is 20.5 Å². The summed E-state index contributed by atoms with van der Waals surface area (Å²) in [5.41, 5.74) is 2.95. The lowest BCUT2D eigenvalue weighted by molar-refractivity contribution is -0.120. The maximum Gasteiger partial charge on any atom is 0.289 e. The van der Waals surface area contributed by atoms with E-state index >= 15 is 0 Å². The Morgan fingerprint density at radius 2 is 1.93 bits per heavy atom. The Morgan fingerprint density at radius 1 is 1.20 bits per heavy atom. The molecule has 0 saturated heterocycles. The number of hydrogen-bond donors (Lipinski definition) is 2. The number of aromatic nitrogens is 3. The van der Waals surface area contributed by atoms with Gasteiger partial charge in [0.25, 0.3) is 5.91 Å². The molecule has 0 unspecified atom stereocenters. The molecule has 30 heavy (non-hydrogen) atoms. The summed E-state index contributed by atoms with van der Waals surface area (Å²) in [4.78, 5) is 30.5. The van der Waals surface area contributed by atoms with Gasteiger partial charge in [-0.15, -0.1) is 16.8 Å². The third-order valence-corrected chi connectivity index (χ3v) is 5.39. The average Bonchev–Trinajstić information content (AvgIpc) is 3.21. The first-order valence-corrected chi connectivity index (χ1v) is 9.81. The molecule has 2 amide bonds. The molecule has 2 atom stereocenters. The number of carbonyl (C=O) groups is 2. The first-order chi connectivity index (χ1) is 14.6. The fourth-order valence-corrected chi connectivity index (χ4v) is 3.76. The first-order valence-electron chi connectivity index (χ1n) is 9.81. The SMILES string of the molecule is C=C[C@@H]1Cc2ccccc2N(C)C(=O)[C@H]1NC(=O)c1nnc(Cc2ccccc2)[nH]1. The van der Waals surface area contributed by atoms with Gasteiger partial charge in [0.05, 0.1) is 0 Å². The predicted molar refractivity (Wildman–Crippen MR) is 114 cm³/mol. The molecule has 0 spiro atoms. The number of rotatable bonds is 5. The fourth-order valence-electron chi connectivity index (χ4n) is 3.76. The molecule has 1 aliphatic heterocycles. The molecule has 7 nitrogen and oxygen atoms in total. The lowest BCUT2D eigenvalue weighted by Gasteiger charge is -2.24. The number of amides is 2. The second-order valence-electron chi connectivity index (χ2n) is 7.36. The molecule has 152 valence electrons. The zero-order valence-electron chi connectivity index (χ0n) is 16.7. The largest absolute Gasteiger partial charge is 0.337 e. The second kappa shape index (κ2) is 8.32. The van der Waals surface area contributed by atoms with Gasteiger partial charge < -0.3 is 15.2 Å². The molecule has 1 aromatic heterocycles. The molecular formula is C23H23N5O2. The van der Waals surface area contributed by atoms with Crippen LogP contribution in [0.1, 0.15) is 27.6 Å². The van der Waals surface area contributed by atoms with Crippen LogP contribution in [-0.4, -0.2) is 40.1 Å². The number of carbonyl (C=O) groups excluding carboxylic acids is 2. The number of H-pyrrole nitrogens is 1. The van der Waals surface area contributed by atoms with Gasteiger partial charge in [-0.05, 0) is 23.6 Å². The van der Waals surface area contributed by atoms with E-state index in [1.165, 1.54) is 0 Å². The van der Waals surface area contributed by atoms with Gasteiger partial charge in [-0.3, -0.25) is 9.59 Å². The Kier molecular flexibility index (Phi) is 5.43. The van der Waals surface area contributed by atoms with Crippen molar-refractivity contribution in [2.24, 2.45) is 5.92 Å². The van der Waals surface area contributed by atoms with Crippen LogP contribution >= 0.6 is 0 Å². The molecule has 0 fully saturated rings. The topological polar surface area (TPSA) is 91.0 Å². The van der Waals surface area contributed by atoms with Crippen molar-refractivity contribution in [3.63, 3.8) is 0 Å². The average molecular weight is 401 g/mol. The number of nitrogens with one attached hydrogen (secondary N) is 2. The molecule has 4 rings (SSSR count). The number of aromatic amines is 1. The van der Waals surface area contributed by atoms with Crippen molar-refractivity contribution < 1.29 is 9.59 Å². The van der Waals surface area contributed by atoms with E-state index < -0.39 is 11.9 Å². The standard InChI is InChI=1S/C23H23N5O2/c1-3-16-14-17-11-7-8-12-18(17)28(2)23(30)20(16)25-22(29)21-24-19(26-27-21)13-15-9-5-4-6-10-15/h3-12,16,20H,1,13-14H2,2H3,(H,25,29)(H,24,26,27)/t16-,20+/m1/s1. The molecule has 2 aromatic carbocycles. The van der Waals surface area contributed by atoms with Gasteiger partial charge in [0, 0.05) is 25.1 Å². The fraction of sp³-hybridized carbons (Fsp3) is 0.217. The summed E-state index contributed by atoms with van der Waals surface area (Å²) in [6.45, 7) is 3.88. The Balaban J connectivity index is 1.52. The molecule has 2 N–H and O–H groups in total. The van der Waals surface area contributed by atoms with E-state index in [0.29, 0.717) is 18.7 Å². The van der Waals surface area contributed by atoms with Crippen LogP contribution in [-0.2, 0) is 17.6 Å². The van der Waals surface area contributed by atoms with Crippen LogP contribution in [0.5, 0.6) is 0 Å². The molecule has 7 heteroatoms. The van der Waals surface area contributed by atoms with Gasteiger partial charge in [-0.2, -0.15) is 0 Å². The first kappa shape index (κ1) is 19.6. The minimum Gasteiger partial charge on any atom is -0.337 e. The summed E-state index contributed by atoms with van der Waals surface area (Å²) in [6, 6.07) is 16.8. The summed E-state index contributed by atoms with van der Waals surface area (Å²) in [6.07, 6.45) is 2.87. The number of fused-ring (bicyclic) bond motifs is 1. The minimum absolute atomic E-state index is 0.0842. The third-order valence-electron chi connectivity index (χ3n) is 5.39. The zero-order valence-corrected chi connectivity index (χ0v) is 16.7. The predicted octanol–water partition coefficient (Wildman–Crippen LogP) is 2.52. The van der Waals surface area contributed by atoms with E-state index in [0.717, 1.165) is 16.8 Å². The van der Waals surface area contributed by atoms with Gasteiger partial charge in [0.2, 0.25) is 11.7 Å². The number of para-hydroxylation sites is 1. The molecule has 1 aliphatic rings. The smallest absolute Gasteiger partial charge is 0.289 e. The van der Waals surface area contributed by atoms with Crippen LogP contribution < -0.4 is 10.2 Å². The highest BCUT2D eigenvalue weighted by Gasteiger charge is 2.35. The lowest BCUT2D eigenvalue weighted by atomic mass is 9.92. The highest BCUT2D eigenvalue weighted by molar-refractivity contribution is 6.02. The van der Waals surface area contributed by atoms with Crippen molar-refractivity contribution in [3.05, 3.63) is 90.0 Å². The monoisotopic (exact) mass is 401 g/mol. The maximum atomic E-state index is 13.1. The maximum absolute atomic E-state index is 13.1. The molecule has 0 saturated carbocycles. The lowest BCUT2D eigenvalue weighted by Crippen LogP contribution is -2.50. The number of likely N-dealkylation sites (N-methyl/N-ethyl adjacent to an activating group) is 1. The molecule has 2 heterocycles. The van der Waals surface area contributed by atoms with E-state index in [9.17, 15) is 9.59 Å². The van der Waals surface area contributed by atoms with Crippen molar-refractivity contribution in [1.29, 1.82) is 0 Å². The number of hydrogen-bond acceptors (Lipinski definition) is 4. The second-order valence-corrected chi connectivity index (χ2v) is 7.36. The van der Waals surface area contributed by atoms with Crippen molar-refractivity contribution in [2.45, 2.75) is 18.9 Å². The quantitative estimate of drug-likeness (QED) is 0.643. The van der Waals surface area contributed by atoms with Crippen molar-refractivity contribution >= 4 is 17.5 Å². The minimum atomic E-state index is -0.741. The van der Waals surface area contributed by atoms with Gasteiger partial charge in [-0.1, -0.05) is 54.6 Å². The van der Waals surface area contributed by atoms with Gasteiger partial charge >= 0.3 is 0 Å². The normalized spacial score (nSPS) is 18.4. The summed E-state index contributed by atoms with van der Waals surface area (Å²) in [5.74, 6) is -0.225. The Bertz CT molecular complexity index is 1080. The molecular weight excluding hydrogens is 378 g/mol. The Morgan fingerprint density at radius 3 is 2.70 bits per heavy atom. The van der Waals surface area contributed by atoms with Crippen molar-refractivity contribution in [3.8, 4) is 0 Å². The van der Waals surface area contributed by atoms with Gasteiger partial charge in [-0.25, -0.2) is 0 Å². The van der Waals surface area contributed by atoms with Crippen molar-refractivity contribution in [2.75, 3.05) is 11.9 Å². The van der Waals surface area contributed by atoms with E-state index in [1.54, 1.807) is 18.0 Å². The number of anilines is 1.